The van der Waals surface area contributed by atoms with Gasteiger partial charge in [-0.25, -0.2) is 13.2 Å². The summed E-state index contributed by atoms with van der Waals surface area (Å²) in [6.45, 7) is 1.07. The number of nitrogens with zero attached hydrogens (tertiary/aromatic N) is 1. The normalized spacial score (nSPS) is 18.1. The zero-order valence-electron chi connectivity index (χ0n) is 21.2. The number of amides is 1. The van der Waals surface area contributed by atoms with Crippen molar-refractivity contribution in [2.45, 2.75) is 74.6 Å². The summed E-state index contributed by atoms with van der Waals surface area (Å²) in [5.74, 6) is -0.905. The number of nitrogens with one attached hydrogen (secondary N) is 2. The lowest BCUT2D eigenvalue weighted by Gasteiger charge is -2.30. The lowest BCUT2D eigenvalue weighted by atomic mass is 9.92. The van der Waals surface area contributed by atoms with Crippen molar-refractivity contribution < 1.29 is 41.4 Å². The van der Waals surface area contributed by atoms with E-state index >= 15 is 0 Å². The second-order valence-electron chi connectivity index (χ2n) is 10.4. The van der Waals surface area contributed by atoms with E-state index in [1.165, 1.54) is 48.5 Å². The lowest BCUT2D eigenvalue weighted by molar-refractivity contribution is -0.161. The van der Waals surface area contributed by atoms with Gasteiger partial charge in [-0.15, -0.1) is 0 Å². The standard InChI is InChI=1S/C27H29F6N3O3/c1-24(2,30)13-20(22(38)36-25(14-34)11-12-25)35-21(27(31,32)33)18-5-3-16(4-6-18)17-7-9-19(10-8-17)26(39,15-37)23(28)29/h3-10,20-21,23,35,37,39H,11-13,15H2,1-2H3,(H,36,38)/t20-,21-,26-/m0/s1. The Hall–Kier alpha value is -3.14. The van der Waals surface area contributed by atoms with Crippen LogP contribution in [-0.4, -0.2) is 52.6 Å². The van der Waals surface area contributed by atoms with Crippen LogP contribution in [0.1, 0.15) is 50.3 Å². The first-order chi connectivity index (χ1) is 18.0. The second kappa shape index (κ2) is 11.2. The van der Waals surface area contributed by atoms with Crippen LogP contribution in [0.5, 0.6) is 0 Å². The van der Waals surface area contributed by atoms with Crippen LogP contribution in [0.4, 0.5) is 26.3 Å². The van der Waals surface area contributed by atoms with E-state index in [1.54, 1.807) is 0 Å². The van der Waals surface area contributed by atoms with Gasteiger partial charge < -0.3 is 15.5 Å². The third kappa shape index (κ3) is 7.29. The van der Waals surface area contributed by atoms with Gasteiger partial charge in [0.15, 0.2) is 5.60 Å². The smallest absolute Gasteiger partial charge is 0.393 e. The molecule has 0 unspecified atom stereocenters. The van der Waals surface area contributed by atoms with Gasteiger partial charge in [0.1, 0.15) is 17.2 Å². The molecule has 3 atom stereocenters. The SMILES string of the molecule is CC(C)(F)C[C@H](N[C@@H](c1ccc(-c2ccc([C@@](O)(CO)C(F)F)cc2)cc1)C(F)(F)F)C(=O)NC1(C#N)CC1. The molecular formula is C27H29F6N3O3. The van der Waals surface area contributed by atoms with Crippen molar-refractivity contribution in [2.75, 3.05) is 6.61 Å². The van der Waals surface area contributed by atoms with E-state index in [2.05, 4.69) is 10.6 Å². The molecule has 0 aliphatic heterocycles. The molecule has 0 aromatic heterocycles. The Labute approximate surface area is 221 Å². The van der Waals surface area contributed by atoms with Gasteiger partial charge in [-0.1, -0.05) is 48.5 Å². The average Bonchev–Trinajstić information content (AvgIpc) is 3.64. The number of benzene rings is 2. The predicted molar refractivity (Wildman–Crippen MR) is 130 cm³/mol. The minimum absolute atomic E-state index is 0.230. The number of nitriles is 1. The summed E-state index contributed by atoms with van der Waals surface area (Å²) in [5.41, 5.74) is -5.50. The van der Waals surface area contributed by atoms with Crippen molar-refractivity contribution in [3.8, 4) is 17.2 Å². The molecule has 12 heteroatoms. The van der Waals surface area contributed by atoms with Crippen molar-refractivity contribution in [1.29, 1.82) is 5.26 Å². The summed E-state index contributed by atoms with van der Waals surface area (Å²) in [6.07, 6.45) is -7.97. The molecule has 0 saturated heterocycles. The summed E-state index contributed by atoms with van der Waals surface area (Å²) >= 11 is 0. The van der Waals surface area contributed by atoms with Crippen LogP contribution in [0.25, 0.3) is 11.1 Å². The Morgan fingerprint density at radius 2 is 1.54 bits per heavy atom. The van der Waals surface area contributed by atoms with Crippen LogP contribution in [0.15, 0.2) is 48.5 Å². The van der Waals surface area contributed by atoms with Gasteiger partial charge in [-0.05, 0) is 48.9 Å². The fourth-order valence-corrected chi connectivity index (χ4v) is 4.11. The van der Waals surface area contributed by atoms with Gasteiger partial charge >= 0.3 is 6.18 Å². The van der Waals surface area contributed by atoms with Crippen molar-refractivity contribution in [1.82, 2.24) is 10.6 Å². The maximum Gasteiger partial charge on any atom is 0.407 e. The molecule has 6 nitrogen and oxygen atoms in total. The predicted octanol–water partition coefficient (Wildman–Crippen LogP) is 4.67. The summed E-state index contributed by atoms with van der Waals surface area (Å²) in [7, 11) is 0. The molecule has 39 heavy (non-hydrogen) atoms. The monoisotopic (exact) mass is 557 g/mol. The average molecular weight is 558 g/mol. The number of carbonyl (C=O) groups excluding carboxylic acids is 1. The fourth-order valence-electron chi connectivity index (χ4n) is 4.11. The van der Waals surface area contributed by atoms with E-state index in [-0.39, 0.29) is 11.1 Å². The molecule has 1 aliphatic rings. The van der Waals surface area contributed by atoms with Gasteiger partial charge in [0.2, 0.25) is 5.91 Å². The Morgan fingerprint density at radius 1 is 1.03 bits per heavy atom. The van der Waals surface area contributed by atoms with Crippen LogP contribution < -0.4 is 10.6 Å². The molecular weight excluding hydrogens is 528 g/mol. The Bertz CT molecular complexity index is 1190. The maximum absolute atomic E-state index is 14.5. The minimum atomic E-state index is -4.86. The van der Waals surface area contributed by atoms with Gasteiger partial charge in [0, 0.05) is 6.42 Å². The second-order valence-corrected chi connectivity index (χ2v) is 10.4. The number of hydrogen-bond acceptors (Lipinski definition) is 5. The fraction of sp³-hybridized carbons (Fsp3) is 0.481. The summed E-state index contributed by atoms with van der Waals surface area (Å²) in [4.78, 5) is 12.8. The quantitative estimate of drug-likeness (QED) is 0.301. The van der Waals surface area contributed by atoms with Gasteiger partial charge in [-0.2, -0.15) is 18.4 Å². The summed E-state index contributed by atoms with van der Waals surface area (Å²) < 4.78 is 83.1. The first kappa shape index (κ1) is 30.4. The van der Waals surface area contributed by atoms with Gasteiger partial charge in [-0.3, -0.25) is 10.1 Å². The molecule has 2 aromatic carbocycles. The first-order valence-corrected chi connectivity index (χ1v) is 12.1. The molecule has 0 spiro atoms. The zero-order chi connectivity index (χ0) is 29.2. The molecule has 1 aliphatic carbocycles. The highest BCUT2D eigenvalue weighted by Gasteiger charge is 2.48. The highest BCUT2D eigenvalue weighted by atomic mass is 19.4. The van der Waals surface area contributed by atoms with Gasteiger partial charge in [0.25, 0.3) is 6.43 Å². The third-order valence-electron chi connectivity index (χ3n) is 6.59. The highest BCUT2D eigenvalue weighted by molar-refractivity contribution is 5.83. The Kier molecular flexibility index (Phi) is 8.69. The highest BCUT2D eigenvalue weighted by Crippen LogP contribution is 2.37. The van der Waals surface area contributed by atoms with Crippen LogP contribution in [0, 0.1) is 11.3 Å². The van der Waals surface area contributed by atoms with Gasteiger partial charge in [0.05, 0.1) is 18.7 Å². The van der Waals surface area contributed by atoms with Crippen LogP contribution in [0.2, 0.25) is 0 Å². The number of aliphatic hydroxyl groups is 2. The summed E-state index contributed by atoms with van der Waals surface area (Å²) in [6, 6.07) is 8.17. The van der Waals surface area contributed by atoms with Crippen LogP contribution >= 0.6 is 0 Å². The van der Waals surface area contributed by atoms with Crippen molar-refractivity contribution in [3.63, 3.8) is 0 Å². The topological polar surface area (TPSA) is 105 Å². The maximum atomic E-state index is 14.5. The van der Waals surface area contributed by atoms with Crippen molar-refractivity contribution in [2.24, 2.45) is 0 Å². The molecule has 1 saturated carbocycles. The molecule has 1 amide bonds. The number of hydrogen-bond donors (Lipinski definition) is 4. The minimum Gasteiger partial charge on any atom is -0.393 e. The van der Waals surface area contributed by atoms with E-state index in [9.17, 15) is 46.6 Å². The number of aliphatic hydroxyl groups excluding tert-OH is 1. The molecule has 0 bridgehead atoms. The van der Waals surface area contributed by atoms with Crippen molar-refractivity contribution >= 4 is 5.91 Å². The molecule has 2 aromatic rings. The summed E-state index contributed by atoms with van der Waals surface area (Å²) in [5, 5.41) is 33.1. The molecule has 3 rings (SSSR count). The lowest BCUT2D eigenvalue weighted by Crippen LogP contribution is -2.53. The van der Waals surface area contributed by atoms with E-state index in [0.717, 1.165) is 13.8 Å². The van der Waals surface area contributed by atoms with Crippen molar-refractivity contribution in [3.05, 3.63) is 59.7 Å². The number of alkyl halides is 6. The van der Waals surface area contributed by atoms with E-state index in [1.807, 2.05) is 6.07 Å². The molecule has 1 fully saturated rings. The van der Waals surface area contributed by atoms with Crippen LogP contribution in [0.3, 0.4) is 0 Å². The number of carbonyl (C=O) groups is 1. The number of rotatable bonds is 11. The molecule has 212 valence electrons. The van der Waals surface area contributed by atoms with E-state index in [0.29, 0.717) is 24.0 Å². The van der Waals surface area contributed by atoms with Crippen LogP contribution in [-0.2, 0) is 10.4 Å². The Morgan fingerprint density at radius 3 is 1.92 bits per heavy atom. The molecule has 0 heterocycles. The Balaban J connectivity index is 1.85. The first-order valence-electron chi connectivity index (χ1n) is 12.1. The van der Waals surface area contributed by atoms with E-state index in [4.69, 9.17) is 0 Å². The van der Waals surface area contributed by atoms with E-state index < -0.39 is 60.4 Å². The largest absolute Gasteiger partial charge is 0.407 e. The number of halogens is 6. The third-order valence-corrected chi connectivity index (χ3v) is 6.59. The molecule has 0 radical (unpaired) electrons. The zero-order valence-corrected chi connectivity index (χ0v) is 21.2. The molecule has 4 N–H and O–H groups in total.